The molecular weight excluding hydrogens is 226 g/mol. The first-order valence-electron chi connectivity index (χ1n) is 4.47. The number of carbonyl (C=O) groups is 1. The molecule has 1 aromatic rings. The van der Waals surface area contributed by atoms with Crippen molar-refractivity contribution < 1.29 is 4.79 Å². The van der Waals surface area contributed by atoms with E-state index in [1.54, 1.807) is 24.3 Å². The van der Waals surface area contributed by atoms with Gasteiger partial charge >= 0.3 is 0 Å². The number of alkyl halides is 1. The lowest BCUT2D eigenvalue weighted by Gasteiger charge is -1.96. The lowest BCUT2D eigenvalue weighted by molar-refractivity contribution is 0.102. The number of rotatable bonds is 3. The molecule has 0 unspecified atom stereocenters. The highest BCUT2D eigenvalue weighted by Crippen LogP contribution is 2.05. The molecule has 5 heteroatoms. The van der Waals surface area contributed by atoms with Crippen LogP contribution in [0.15, 0.2) is 29.4 Å². The summed E-state index contributed by atoms with van der Waals surface area (Å²) < 4.78 is 0. The second-order valence-electron chi connectivity index (χ2n) is 2.82. The van der Waals surface area contributed by atoms with Crippen LogP contribution >= 0.6 is 11.6 Å². The molecule has 0 aromatic heterocycles. The number of halogens is 1. The van der Waals surface area contributed by atoms with E-state index in [1.807, 2.05) is 0 Å². The summed E-state index contributed by atoms with van der Waals surface area (Å²) >= 11 is 5.42. The smallest absolute Gasteiger partial charge is 0.177 e. The van der Waals surface area contributed by atoms with Gasteiger partial charge in [-0.2, -0.15) is 0 Å². The van der Waals surface area contributed by atoms with Crippen molar-refractivity contribution >= 4 is 17.4 Å². The minimum absolute atomic E-state index is 0.0259. The fourth-order valence-electron chi connectivity index (χ4n) is 1.03. The third-order valence-corrected chi connectivity index (χ3v) is 2.02. The van der Waals surface area contributed by atoms with Gasteiger partial charge in [-0.3, -0.25) is 4.79 Å². The Labute approximate surface area is 97.9 Å². The highest BCUT2D eigenvalue weighted by Gasteiger charge is 2.02. The van der Waals surface area contributed by atoms with Crippen molar-refractivity contribution in [3.63, 3.8) is 0 Å². The molecular formula is C11H8ClN3O. The van der Waals surface area contributed by atoms with Crippen LogP contribution < -0.4 is 0 Å². The van der Waals surface area contributed by atoms with E-state index in [-0.39, 0.29) is 18.2 Å². The monoisotopic (exact) mass is 233 g/mol. The number of benzene rings is 1. The molecule has 1 aromatic carbocycles. The van der Waals surface area contributed by atoms with Gasteiger partial charge in [0.1, 0.15) is 0 Å². The predicted molar refractivity (Wildman–Crippen MR) is 62.4 cm³/mol. The highest BCUT2D eigenvalue weighted by atomic mass is 35.5. The third kappa shape index (κ3) is 3.66. The topological polar surface area (TPSA) is 65.8 Å². The maximum atomic E-state index is 11.2. The SMILES string of the molecule is [N-]=[N+]=NCC#Cc1ccc(C(=O)CCl)cc1. The van der Waals surface area contributed by atoms with Crippen LogP contribution in [0.4, 0.5) is 0 Å². The van der Waals surface area contributed by atoms with Crippen molar-refractivity contribution in [3.8, 4) is 11.8 Å². The van der Waals surface area contributed by atoms with E-state index in [2.05, 4.69) is 21.9 Å². The fraction of sp³-hybridized carbons (Fsp3) is 0.182. The van der Waals surface area contributed by atoms with Crippen molar-refractivity contribution in [2.24, 2.45) is 5.11 Å². The normalized spacial score (nSPS) is 8.56. The van der Waals surface area contributed by atoms with Gasteiger partial charge in [-0.05, 0) is 17.7 Å². The highest BCUT2D eigenvalue weighted by molar-refractivity contribution is 6.30. The van der Waals surface area contributed by atoms with Crippen molar-refractivity contribution in [2.45, 2.75) is 0 Å². The summed E-state index contributed by atoms with van der Waals surface area (Å²) in [5.41, 5.74) is 9.36. The molecule has 0 aliphatic rings. The minimum Gasteiger partial charge on any atom is -0.293 e. The largest absolute Gasteiger partial charge is 0.293 e. The van der Waals surface area contributed by atoms with Gasteiger partial charge in [0, 0.05) is 16.0 Å². The molecule has 0 amide bonds. The molecule has 80 valence electrons. The second-order valence-corrected chi connectivity index (χ2v) is 3.09. The van der Waals surface area contributed by atoms with Gasteiger partial charge < -0.3 is 0 Å². The van der Waals surface area contributed by atoms with Crippen LogP contribution in [-0.2, 0) is 0 Å². The Morgan fingerprint density at radius 2 is 2.12 bits per heavy atom. The van der Waals surface area contributed by atoms with Crippen LogP contribution in [-0.4, -0.2) is 18.2 Å². The minimum atomic E-state index is -0.116. The van der Waals surface area contributed by atoms with Crippen LogP contribution in [0.1, 0.15) is 15.9 Å². The molecule has 0 aliphatic heterocycles. The lowest BCUT2D eigenvalue weighted by Crippen LogP contribution is -1.99. The average molecular weight is 234 g/mol. The quantitative estimate of drug-likeness (QED) is 0.198. The number of azide groups is 1. The van der Waals surface area contributed by atoms with Crippen molar-refractivity contribution in [1.29, 1.82) is 0 Å². The number of ketones is 1. The van der Waals surface area contributed by atoms with Gasteiger partial charge in [-0.1, -0.05) is 29.1 Å². The Balaban J connectivity index is 2.74. The van der Waals surface area contributed by atoms with Gasteiger partial charge in [0.15, 0.2) is 5.78 Å². The molecule has 0 N–H and O–H groups in total. The fourth-order valence-corrected chi connectivity index (χ4v) is 1.18. The van der Waals surface area contributed by atoms with E-state index in [9.17, 15) is 4.79 Å². The van der Waals surface area contributed by atoms with Crippen molar-refractivity contribution in [1.82, 2.24) is 0 Å². The predicted octanol–water partition coefficient (Wildman–Crippen LogP) is 2.77. The van der Waals surface area contributed by atoms with E-state index in [4.69, 9.17) is 17.1 Å². The molecule has 0 heterocycles. The second kappa shape index (κ2) is 6.52. The van der Waals surface area contributed by atoms with E-state index < -0.39 is 0 Å². The number of hydrogen-bond donors (Lipinski definition) is 0. The first-order valence-corrected chi connectivity index (χ1v) is 5.00. The zero-order chi connectivity index (χ0) is 11.8. The zero-order valence-electron chi connectivity index (χ0n) is 8.35. The molecule has 1 rings (SSSR count). The summed E-state index contributed by atoms with van der Waals surface area (Å²) in [5.74, 6) is 5.35. The molecule has 0 fully saturated rings. The number of Topliss-reactive ketones (excluding diaryl/α,β-unsaturated/α-hetero) is 1. The van der Waals surface area contributed by atoms with E-state index in [0.717, 1.165) is 5.56 Å². The molecule has 16 heavy (non-hydrogen) atoms. The molecule has 0 atom stereocenters. The molecule has 0 spiro atoms. The van der Waals surface area contributed by atoms with E-state index >= 15 is 0 Å². The summed E-state index contributed by atoms with van der Waals surface area (Å²) in [6.45, 7) is 0.138. The lowest BCUT2D eigenvalue weighted by atomic mass is 10.1. The van der Waals surface area contributed by atoms with Crippen LogP contribution in [0.2, 0.25) is 0 Å². The Hall–Kier alpha value is -1.95. The van der Waals surface area contributed by atoms with Crippen molar-refractivity contribution in [2.75, 3.05) is 12.4 Å². The van der Waals surface area contributed by atoms with Gasteiger partial charge in [0.25, 0.3) is 0 Å². The first kappa shape index (κ1) is 12.1. The summed E-state index contributed by atoms with van der Waals surface area (Å²) in [7, 11) is 0. The van der Waals surface area contributed by atoms with Gasteiger partial charge in [-0.15, -0.1) is 11.6 Å². The average Bonchev–Trinajstić information content (AvgIpc) is 2.34. The van der Waals surface area contributed by atoms with Crippen LogP contribution in [0.3, 0.4) is 0 Å². The number of hydrogen-bond acceptors (Lipinski definition) is 2. The maximum Gasteiger partial charge on any atom is 0.177 e. The Morgan fingerprint density at radius 1 is 1.44 bits per heavy atom. The maximum absolute atomic E-state index is 11.2. The molecule has 0 saturated heterocycles. The van der Waals surface area contributed by atoms with Crippen LogP contribution in [0.5, 0.6) is 0 Å². The molecule has 0 saturated carbocycles. The van der Waals surface area contributed by atoms with Gasteiger partial charge in [0.2, 0.25) is 0 Å². The third-order valence-electron chi connectivity index (χ3n) is 1.77. The molecule has 0 aliphatic carbocycles. The van der Waals surface area contributed by atoms with Crippen LogP contribution in [0, 0.1) is 11.8 Å². The standard InChI is InChI=1S/C11H8ClN3O/c12-8-11(16)10-5-3-9(4-6-10)2-1-7-14-15-13/h3-6H,7-8H2. The first-order chi connectivity index (χ1) is 7.77. The Morgan fingerprint density at radius 3 is 2.69 bits per heavy atom. The zero-order valence-corrected chi connectivity index (χ0v) is 9.11. The number of carbonyl (C=O) groups excluding carboxylic acids is 1. The van der Waals surface area contributed by atoms with E-state index in [1.165, 1.54) is 0 Å². The van der Waals surface area contributed by atoms with Gasteiger partial charge in [0.05, 0.1) is 12.4 Å². The summed E-state index contributed by atoms with van der Waals surface area (Å²) in [6, 6.07) is 6.79. The van der Waals surface area contributed by atoms with E-state index in [0.29, 0.717) is 5.56 Å². The van der Waals surface area contributed by atoms with Gasteiger partial charge in [-0.25, -0.2) is 0 Å². The van der Waals surface area contributed by atoms with Crippen molar-refractivity contribution in [3.05, 3.63) is 45.8 Å². The molecule has 0 bridgehead atoms. The molecule has 4 nitrogen and oxygen atoms in total. The molecule has 0 radical (unpaired) electrons. The number of nitrogens with zero attached hydrogens (tertiary/aromatic N) is 3. The summed E-state index contributed by atoms with van der Waals surface area (Å²) in [4.78, 5) is 13.8. The Bertz CT molecular complexity index is 478. The summed E-state index contributed by atoms with van der Waals surface area (Å²) in [5, 5.41) is 3.28. The Kier molecular flexibility index (Phi) is 4.94. The van der Waals surface area contributed by atoms with Crippen LogP contribution in [0.25, 0.3) is 10.4 Å². The summed E-state index contributed by atoms with van der Waals surface area (Å²) in [6.07, 6.45) is 0.